The molecule has 0 atom stereocenters. The molecule has 0 fully saturated rings. The molecule has 4 nitrogen and oxygen atoms in total. The van der Waals surface area contributed by atoms with Crippen LogP contribution in [-0.2, 0) is 4.74 Å². The number of para-hydroxylation sites is 1. The van der Waals surface area contributed by atoms with Gasteiger partial charge in [-0.1, -0.05) is 12.1 Å². The molecule has 0 aliphatic heterocycles. The predicted octanol–water partition coefficient (Wildman–Crippen LogP) is 2.01. The van der Waals surface area contributed by atoms with Gasteiger partial charge in [0.2, 0.25) is 0 Å². The van der Waals surface area contributed by atoms with Crippen LogP contribution in [0.1, 0.15) is 30.6 Å². The summed E-state index contributed by atoms with van der Waals surface area (Å²) in [6, 6.07) is 7.30. The van der Waals surface area contributed by atoms with Crippen LogP contribution in [0.15, 0.2) is 24.3 Å². The van der Waals surface area contributed by atoms with Crippen LogP contribution in [0.3, 0.4) is 0 Å². The van der Waals surface area contributed by atoms with Gasteiger partial charge in [-0.3, -0.25) is 0 Å². The van der Waals surface area contributed by atoms with Gasteiger partial charge in [-0.15, -0.1) is 0 Å². The molecule has 1 aromatic rings. The Morgan fingerprint density at radius 1 is 1.41 bits per heavy atom. The number of anilines is 1. The maximum atomic E-state index is 11.6. The molecule has 0 aromatic heterocycles. The summed E-state index contributed by atoms with van der Waals surface area (Å²) in [5.74, 6) is -0.336. The van der Waals surface area contributed by atoms with Gasteiger partial charge in [-0.05, 0) is 38.9 Å². The Morgan fingerprint density at radius 2 is 2.06 bits per heavy atom. The molecule has 0 saturated heterocycles. The Kier molecular flexibility index (Phi) is 4.52. The quantitative estimate of drug-likeness (QED) is 0.768. The van der Waals surface area contributed by atoms with Gasteiger partial charge in [0.05, 0.1) is 12.7 Å². The molecule has 0 aliphatic rings. The van der Waals surface area contributed by atoms with Crippen LogP contribution in [0.25, 0.3) is 0 Å². The number of carbonyl (C=O) groups excluding carboxylic acids is 1. The Bertz CT molecular complexity index is 389. The number of carbonyl (C=O) groups is 1. The van der Waals surface area contributed by atoms with E-state index >= 15 is 0 Å². The van der Waals surface area contributed by atoms with Crippen molar-refractivity contribution in [3.05, 3.63) is 29.8 Å². The standard InChI is InChI=1S/C13H20N2O2/c1-13(2,8-9-14)15-11-7-5-4-6-10(11)12(16)17-3/h4-7,15H,8-9,14H2,1-3H3. The van der Waals surface area contributed by atoms with Gasteiger partial charge in [0.15, 0.2) is 0 Å². The molecule has 1 rings (SSSR count). The van der Waals surface area contributed by atoms with Gasteiger partial charge in [-0.2, -0.15) is 0 Å². The highest BCUT2D eigenvalue weighted by atomic mass is 16.5. The van der Waals surface area contributed by atoms with Gasteiger partial charge in [0, 0.05) is 11.2 Å². The summed E-state index contributed by atoms with van der Waals surface area (Å²) in [5, 5.41) is 3.32. The summed E-state index contributed by atoms with van der Waals surface area (Å²) in [5.41, 5.74) is 6.72. The molecule has 94 valence electrons. The fourth-order valence-electron chi connectivity index (χ4n) is 1.67. The number of hydrogen-bond acceptors (Lipinski definition) is 4. The topological polar surface area (TPSA) is 64.3 Å². The summed E-state index contributed by atoms with van der Waals surface area (Å²) >= 11 is 0. The first kappa shape index (κ1) is 13.5. The zero-order valence-corrected chi connectivity index (χ0v) is 10.6. The first-order valence-electron chi connectivity index (χ1n) is 5.66. The van der Waals surface area contributed by atoms with E-state index in [1.807, 2.05) is 32.0 Å². The summed E-state index contributed by atoms with van der Waals surface area (Å²) in [6.45, 7) is 4.70. The fraction of sp³-hybridized carbons (Fsp3) is 0.462. The van der Waals surface area contributed by atoms with Crippen molar-refractivity contribution in [2.24, 2.45) is 5.73 Å². The fourth-order valence-corrected chi connectivity index (χ4v) is 1.67. The minimum Gasteiger partial charge on any atom is -0.465 e. The molecular formula is C13H20N2O2. The van der Waals surface area contributed by atoms with E-state index < -0.39 is 0 Å². The maximum absolute atomic E-state index is 11.6. The normalized spacial score (nSPS) is 11.1. The van der Waals surface area contributed by atoms with E-state index in [9.17, 15) is 4.79 Å². The van der Waals surface area contributed by atoms with Crippen molar-refractivity contribution in [2.45, 2.75) is 25.8 Å². The van der Waals surface area contributed by atoms with Crippen LogP contribution < -0.4 is 11.1 Å². The SMILES string of the molecule is COC(=O)c1ccccc1NC(C)(C)CCN. The van der Waals surface area contributed by atoms with Crippen LogP contribution in [0.2, 0.25) is 0 Å². The molecule has 0 bridgehead atoms. The lowest BCUT2D eigenvalue weighted by molar-refractivity contribution is 0.0602. The lowest BCUT2D eigenvalue weighted by atomic mass is 9.99. The van der Waals surface area contributed by atoms with Crippen molar-refractivity contribution in [3.63, 3.8) is 0 Å². The van der Waals surface area contributed by atoms with E-state index in [0.29, 0.717) is 12.1 Å². The minimum absolute atomic E-state index is 0.154. The average molecular weight is 236 g/mol. The zero-order chi connectivity index (χ0) is 12.9. The number of nitrogens with two attached hydrogens (primary N) is 1. The van der Waals surface area contributed by atoms with E-state index in [0.717, 1.165) is 12.1 Å². The third-order valence-electron chi connectivity index (χ3n) is 2.57. The highest BCUT2D eigenvalue weighted by Gasteiger charge is 2.19. The molecule has 0 heterocycles. The van der Waals surface area contributed by atoms with Gasteiger partial charge >= 0.3 is 5.97 Å². The smallest absolute Gasteiger partial charge is 0.339 e. The Hall–Kier alpha value is -1.55. The van der Waals surface area contributed by atoms with Crippen LogP contribution in [-0.4, -0.2) is 25.2 Å². The number of benzene rings is 1. The lowest BCUT2D eigenvalue weighted by Gasteiger charge is -2.28. The molecule has 0 radical (unpaired) electrons. The van der Waals surface area contributed by atoms with Crippen LogP contribution in [0.4, 0.5) is 5.69 Å². The van der Waals surface area contributed by atoms with Crippen molar-refractivity contribution in [2.75, 3.05) is 19.0 Å². The molecule has 17 heavy (non-hydrogen) atoms. The van der Waals surface area contributed by atoms with E-state index in [1.54, 1.807) is 6.07 Å². The Balaban J connectivity index is 2.94. The van der Waals surface area contributed by atoms with Crippen molar-refractivity contribution < 1.29 is 9.53 Å². The molecule has 1 aromatic carbocycles. The molecular weight excluding hydrogens is 216 g/mol. The summed E-state index contributed by atoms with van der Waals surface area (Å²) in [4.78, 5) is 11.6. The molecule has 0 unspecified atom stereocenters. The largest absolute Gasteiger partial charge is 0.465 e. The highest BCUT2D eigenvalue weighted by Crippen LogP contribution is 2.22. The number of hydrogen-bond donors (Lipinski definition) is 2. The number of nitrogens with one attached hydrogen (secondary N) is 1. The van der Waals surface area contributed by atoms with Gasteiger partial charge < -0.3 is 15.8 Å². The number of rotatable bonds is 5. The molecule has 0 aliphatic carbocycles. The average Bonchev–Trinajstić information content (AvgIpc) is 2.28. The third kappa shape index (κ3) is 3.75. The third-order valence-corrected chi connectivity index (χ3v) is 2.57. The second kappa shape index (κ2) is 5.68. The second-order valence-corrected chi connectivity index (χ2v) is 4.58. The van der Waals surface area contributed by atoms with Crippen molar-refractivity contribution in [3.8, 4) is 0 Å². The maximum Gasteiger partial charge on any atom is 0.339 e. The summed E-state index contributed by atoms with van der Waals surface area (Å²) in [7, 11) is 1.38. The van der Waals surface area contributed by atoms with Crippen molar-refractivity contribution in [1.82, 2.24) is 0 Å². The highest BCUT2D eigenvalue weighted by molar-refractivity contribution is 5.95. The lowest BCUT2D eigenvalue weighted by Crippen LogP contribution is -2.34. The number of ether oxygens (including phenoxy) is 1. The summed E-state index contributed by atoms with van der Waals surface area (Å²) < 4.78 is 4.75. The second-order valence-electron chi connectivity index (χ2n) is 4.58. The first-order chi connectivity index (χ1) is 8.00. The van der Waals surface area contributed by atoms with Crippen molar-refractivity contribution >= 4 is 11.7 Å². The van der Waals surface area contributed by atoms with Crippen molar-refractivity contribution in [1.29, 1.82) is 0 Å². The molecule has 0 saturated carbocycles. The predicted molar refractivity (Wildman–Crippen MR) is 69.2 cm³/mol. The van der Waals surface area contributed by atoms with E-state index in [1.165, 1.54) is 7.11 Å². The zero-order valence-electron chi connectivity index (χ0n) is 10.6. The van der Waals surface area contributed by atoms with Gasteiger partial charge in [-0.25, -0.2) is 4.79 Å². The van der Waals surface area contributed by atoms with E-state index in [2.05, 4.69) is 5.32 Å². The molecule has 3 N–H and O–H groups in total. The number of esters is 1. The van der Waals surface area contributed by atoms with Gasteiger partial charge in [0.1, 0.15) is 0 Å². The van der Waals surface area contributed by atoms with Crippen LogP contribution >= 0.6 is 0 Å². The molecule has 0 amide bonds. The van der Waals surface area contributed by atoms with E-state index in [4.69, 9.17) is 10.5 Å². The van der Waals surface area contributed by atoms with Gasteiger partial charge in [0.25, 0.3) is 0 Å². The minimum atomic E-state index is -0.336. The van der Waals surface area contributed by atoms with Crippen LogP contribution in [0, 0.1) is 0 Å². The monoisotopic (exact) mass is 236 g/mol. The van der Waals surface area contributed by atoms with Crippen LogP contribution in [0.5, 0.6) is 0 Å². The molecule has 0 spiro atoms. The Morgan fingerprint density at radius 3 is 2.65 bits per heavy atom. The Labute approximate surface area is 102 Å². The summed E-state index contributed by atoms with van der Waals surface area (Å²) in [6.07, 6.45) is 0.822. The molecule has 4 heteroatoms. The number of methoxy groups -OCH3 is 1. The first-order valence-corrected chi connectivity index (χ1v) is 5.66. The van der Waals surface area contributed by atoms with E-state index in [-0.39, 0.29) is 11.5 Å².